The summed E-state index contributed by atoms with van der Waals surface area (Å²) in [6, 6.07) is 18.3. The number of piperidine rings is 1. The van der Waals surface area contributed by atoms with Crippen molar-refractivity contribution in [3.63, 3.8) is 0 Å². The van der Waals surface area contributed by atoms with E-state index in [0.717, 1.165) is 24.0 Å². The molecule has 0 radical (unpaired) electrons. The number of likely N-dealkylation sites (tertiary alicyclic amines) is 1. The standard InChI is InChI=1S/C25H33N3O2/c1-18(2)26-25(30)28-17-22(13-14-23(28)21-12-8-9-19(3)15-21)24(29)27(4)16-20-10-6-5-7-11-20/h5-12,15,18,22-23H,13-14,16-17H2,1-4H3,(H,26,30). The zero-order valence-electron chi connectivity index (χ0n) is 18.5. The van der Waals surface area contributed by atoms with Gasteiger partial charge in [0.1, 0.15) is 0 Å². The second-order valence-electron chi connectivity index (χ2n) is 8.64. The number of rotatable bonds is 5. The lowest BCUT2D eigenvalue weighted by molar-refractivity contribution is -0.136. The van der Waals surface area contributed by atoms with Gasteiger partial charge in [0.05, 0.1) is 12.0 Å². The van der Waals surface area contributed by atoms with Gasteiger partial charge in [-0.25, -0.2) is 4.79 Å². The van der Waals surface area contributed by atoms with Gasteiger partial charge in [-0.2, -0.15) is 0 Å². The molecule has 2 unspecified atom stereocenters. The normalized spacial score (nSPS) is 18.9. The molecular formula is C25H33N3O2. The van der Waals surface area contributed by atoms with Crippen molar-refractivity contribution in [2.45, 2.75) is 52.2 Å². The Morgan fingerprint density at radius 3 is 2.50 bits per heavy atom. The molecule has 1 fully saturated rings. The molecule has 2 aromatic rings. The Bertz CT molecular complexity index is 866. The molecule has 5 nitrogen and oxygen atoms in total. The van der Waals surface area contributed by atoms with Crippen LogP contribution in [-0.4, -0.2) is 41.4 Å². The number of carbonyl (C=O) groups excluding carboxylic acids is 2. The first-order valence-electron chi connectivity index (χ1n) is 10.8. The lowest BCUT2D eigenvalue weighted by Gasteiger charge is -2.40. The fraction of sp³-hybridized carbons (Fsp3) is 0.440. The van der Waals surface area contributed by atoms with Crippen LogP contribution in [0.4, 0.5) is 4.79 Å². The fourth-order valence-electron chi connectivity index (χ4n) is 4.20. The van der Waals surface area contributed by atoms with Crippen molar-refractivity contribution in [1.82, 2.24) is 15.1 Å². The number of hydrogen-bond acceptors (Lipinski definition) is 2. The molecule has 0 bridgehead atoms. The molecular weight excluding hydrogens is 374 g/mol. The summed E-state index contributed by atoms with van der Waals surface area (Å²) < 4.78 is 0. The van der Waals surface area contributed by atoms with E-state index in [1.165, 1.54) is 5.56 Å². The minimum absolute atomic E-state index is 0.00729. The Morgan fingerprint density at radius 2 is 1.83 bits per heavy atom. The van der Waals surface area contributed by atoms with Crippen LogP contribution in [0.25, 0.3) is 0 Å². The van der Waals surface area contributed by atoms with Gasteiger partial charge in [-0.1, -0.05) is 60.2 Å². The van der Waals surface area contributed by atoms with Gasteiger partial charge in [0.15, 0.2) is 0 Å². The maximum atomic E-state index is 13.2. The number of amides is 3. The highest BCUT2D eigenvalue weighted by atomic mass is 16.2. The quantitative estimate of drug-likeness (QED) is 0.792. The average molecular weight is 408 g/mol. The molecule has 1 aliphatic rings. The molecule has 1 N–H and O–H groups in total. The maximum Gasteiger partial charge on any atom is 0.318 e. The zero-order valence-corrected chi connectivity index (χ0v) is 18.5. The number of carbonyl (C=O) groups is 2. The lowest BCUT2D eigenvalue weighted by Crippen LogP contribution is -2.51. The van der Waals surface area contributed by atoms with E-state index >= 15 is 0 Å². The van der Waals surface area contributed by atoms with E-state index in [0.29, 0.717) is 13.1 Å². The predicted octanol–water partition coefficient (Wildman–Crippen LogP) is 4.52. The van der Waals surface area contributed by atoms with Crippen LogP contribution in [0.3, 0.4) is 0 Å². The summed E-state index contributed by atoms with van der Waals surface area (Å²) >= 11 is 0. The number of hydrogen-bond donors (Lipinski definition) is 1. The molecule has 30 heavy (non-hydrogen) atoms. The Labute approximate surface area is 180 Å². The summed E-state index contributed by atoms with van der Waals surface area (Å²) in [4.78, 5) is 29.8. The van der Waals surface area contributed by atoms with Crippen LogP contribution < -0.4 is 5.32 Å². The first kappa shape index (κ1) is 21.9. The third kappa shape index (κ3) is 5.41. The second kappa shape index (κ2) is 9.79. The summed E-state index contributed by atoms with van der Waals surface area (Å²) in [5.74, 6) is -0.0819. The van der Waals surface area contributed by atoms with Crippen molar-refractivity contribution in [3.05, 3.63) is 71.3 Å². The summed E-state index contributed by atoms with van der Waals surface area (Å²) in [6.45, 7) is 7.00. The highest BCUT2D eigenvalue weighted by Crippen LogP contribution is 2.34. The van der Waals surface area contributed by atoms with E-state index in [2.05, 4.69) is 30.4 Å². The van der Waals surface area contributed by atoms with Gasteiger partial charge in [0, 0.05) is 26.2 Å². The fourth-order valence-corrected chi connectivity index (χ4v) is 4.20. The molecule has 5 heteroatoms. The molecule has 2 aromatic carbocycles. The highest BCUT2D eigenvalue weighted by molar-refractivity contribution is 5.81. The summed E-state index contributed by atoms with van der Waals surface area (Å²) in [5.41, 5.74) is 3.42. The summed E-state index contributed by atoms with van der Waals surface area (Å²) in [6.07, 6.45) is 1.56. The van der Waals surface area contributed by atoms with Crippen LogP contribution in [0.2, 0.25) is 0 Å². The zero-order chi connectivity index (χ0) is 21.7. The number of nitrogens with zero attached hydrogens (tertiary/aromatic N) is 2. The van der Waals surface area contributed by atoms with Gasteiger partial charge in [0.25, 0.3) is 0 Å². The minimum atomic E-state index is -0.183. The van der Waals surface area contributed by atoms with Crippen LogP contribution in [0.1, 0.15) is 49.4 Å². The molecule has 160 valence electrons. The Balaban J connectivity index is 1.76. The van der Waals surface area contributed by atoms with E-state index in [1.807, 2.05) is 62.2 Å². The molecule has 1 heterocycles. The van der Waals surface area contributed by atoms with Gasteiger partial charge in [-0.3, -0.25) is 4.79 Å². The van der Waals surface area contributed by atoms with Crippen LogP contribution in [0.15, 0.2) is 54.6 Å². The monoisotopic (exact) mass is 407 g/mol. The van der Waals surface area contributed by atoms with Gasteiger partial charge in [0.2, 0.25) is 5.91 Å². The number of nitrogens with one attached hydrogen (secondary N) is 1. The second-order valence-corrected chi connectivity index (χ2v) is 8.64. The number of aryl methyl sites for hydroxylation is 1. The molecule has 1 aliphatic heterocycles. The van der Waals surface area contributed by atoms with Crippen molar-refractivity contribution in [1.29, 1.82) is 0 Å². The van der Waals surface area contributed by atoms with Crippen molar-refractivity contribution in [2.24, 2.45) is 5.92 Å². The van der Waals surface area contributed by atoms with Crippen molar-refractivity contribution < 1.29 is 9.59 Å². The Kier molecular flexibility index (Phi) is 7.14. The van der Waals surface area contributed by atoms with E-state index in [4.69, 9.17) is 0 Å². The number of urea groups is 1. The Hall–Kier alpha value is -2.82. The Morgan fingerprint density at radius 1 is 1.10 bits per heavy atom. The van der Waals surface area contributed by atoms with Crippen LogP contribution >= 0.6 is 0 Å². The summed E-state index contributed by atoms with van der Waals surface area (Å²) in [7, 11) is 1.85. The van der Waals surface area contributed by atoms with E-state index in [-0.39, 0.29) is 29.9 Å². The van der Waals surface area contributed by atoms with Crippen LogP contribution in [0.5, 0.6) is 0 Å². The molecule has 1 saturated heterocycles. The third-order valence-corrected chi connectivity index (χ3v) is 5.67. The smallest absolute Gasteiger partial charge is 0.318 e. The summed E-state index contributed by atoms with van der Waals surface area (Å²) in [5, 5.41) is 3.02. The molecule has 0 aliphatic carbocycles. The third-order valence-electron chi connectivity index (χ3n) is 5.67. The molecule has 3 rings (SSSR count). The molecule has 3 amide bonds. The number of benzene rings is 2. The lowest BCUT2D eigenvalue weighted by atomic mass is 9.88. The van der Waals surface area contributed by atoms with Crippen molar-refractivity contribution >= 4 is 11.9 Å². The first-order valence-corrected chi connectivity index (χ1v) is 10.8. The van der Waals surface area contributed by atoms with Crippen LogP contribution in [-0.2, 0) is 11.3 Å². The van der Waals surface area contributed by atoms with Gasteiger partial charge in [-0.05, 0) is 44.7 Å². The van der Waals surface area contributed by atoms with E-state index in [1.54, 1.807) is 4.90 Å². The van der Waals surface area contributed by atoms with Crippen LogP contribution in [0, 0.1) is 12.8 Å². The average Bonchev–Trinajstić information content (AvgIpc) is 2.73. The van der Waals surface area contributed by atoms with E-state index in [9.17, 15) is 9.59 Å². The highest BCUT2D eigenvalue weighted by Gasteiger charge is 2.36. The molecule has 0 spiro atoms. The SMILES string of the molecule is Cc1cccc(C2CCC(C(=O)N(C)Cc3ccccc3)CN2C(=O)NC(C)C)c1. The van der Waals surface area contributed by atoms with Gasteiger partial charge in [-0.15, -0.1) is 0 Å². The molecule has 2 atom stereocenters. The van der Waals surface area contributed by atoms with Crippen molar-refractivity contribution in [3.8, 4) is 0 Å². The maximum absolute atomic E-state index is 13.2. The largest absolute Gasteiger partial charge is 0.341 e. The molecule has 0 aromatic heterocycles. The molecule has 0 saturated carbocycles. The van der Waals surface area contributed by atoms with Gasteiger partial charge >= 0.3 is 6.03 Å². The van der Waals surface area contributed by atoms with Crippen molar-refractivity contribution in [2.75, 3.05) is 13.6 Å². The van der Waals surface area contributed by atoms with E-state index < -0.39 is 0 Å². The minimum Gasteiger partial charge on any atom is -0.341 e. The van der Waals surface area contributed by atoms with Gasteiger partial charge < -0.3 is 15.1 Å². The first-order chi connectivity index (χ1) is 14.3. The topological polar surface area (TPSA) is 52.7 Å². The predicted molar refractivity (Wildman–Crippen MR) is 120 cm³/mol.